The van der Waals surface area contributed by atoms with Crippen LogP contribution in [0.1, 0.15) is 11.1 Å². The molecule has 2 aromatic rings. The lowest BCUT2D eigenvalue weighted by atomic mass is 10.1. The van der Waals surface area contributed by atoms with E-state index in [-0.39, 0.29) is 0 Å². The highest BCUT2D eigenvalue weighted by Gasteiger charge is 2.06. The van der Waals surface area contributed by atoms with Crippen LogP contribution < -0.4 is 10.2 Å². The predicted molar refractivity (Wildman–Crippen MR) is 87.8 cm³/mol. The smallest absolute Gasteiger partial charge is 0.0471 e. The van der Waals surface area contributed by atoms with E-state index in [2.05, 4.69) is 29.4 Å². The molecule has 20 heavy (non-hydrogen) atoms. The van der Waals surface area contributed by atoms with Crippen molar-refractivity contribution in [2.24, 2.45) is 0 Å². The summed E-state index contributed by atoms with van der Waals surface area (Å²) < 4.78 is 0. The molecule has 2 rings (SSSR count). The Hall–Kier alpha value is -1.22. The molecule has 1 N–H and O–H groups in total. The lowest BCUT2D eigenvalue weighted by Gasteiger charge is -2.20. The van der Waals surface area contributed by atoms with Crippen LogP contribution in [0.25, 0.3) is 0 Å². The average Bonchev–Trinajstić information content (AvgIpc) is 2.44. The van der Waals surface area contributed by atoms with Crippen molar-refractivity contribution in [3.63, 3.8) is 0 Å². The molecular formula is C16H18Cl2N2. The second-order valence-corrected chi connectivity index (χ2v) is 5.63. The highest BCUT2D eigenvalue weighted by molar-refractivity contribution is 6.31. The van der Waals surface area contributed by atoms with E-state index < -0.39 is 0 Å². The fraction of sp³-hybridized carbons (Fsp3) is 0.250. The molecular weight excluding hydrogens is 291 g/mol. The summed E-state index contributed by atoms with van der Waals surface area (Å²) in [6.07, 6.45) is 0. The molecule has 0 aromatic heterocycles. The van der Waals surface area contributed by atoms with Gasteiger partial charge in [-0.05, 0) is 42.4 Å². The minimum absolute atomic E-state index is 0.760. The fourth-order valence-corrected chi connectivity index (χ4v) is 2.43. The van der Waals surface area contributed by atoms with E-state index in [1.165, 1.54) is 5.56 Å². The van der Waals surface area contributed by atoms with Crippen LogP contribution in [0, 0.1) is 0 Å². The summed E-state index contributed by atoms with van der Waals surface area (Å²) in [5, 5.41) is 4.66. The zero-order valence-corrected chi connectivity index (χ0v) is 13.2. The van der Waals surface area contributed by atoms with E-state index in [0.29, 0.717) is 0 Å². The van der Waals surface area contributed by atoms with Gasteiger partial charge in [-0.15, -0.1) is 0 Å². The number of nitrogens with one attached hydrogen (secondary N) is 1. The molecule has 0 amide bonds. The average molecular weight is 309 g/mol. The quantitative estimate of drug-likeness (QED) is 0.883. The number of halogens is 2. The van der Waals surface area contributed by atoms with E-state index in [4.69, 9.17) is 23.2 Å². The Morgan fingerprint density at radius 1 is 1.05 bits per heavy atom. The molecule has 0 aliphatic rings. The van der Waals surface area contributed by atoms with Crippen molar-refractivity contribution in [3.8, 4) is 0 Å². The molecule has 0 saturated carbocycles. The summed E-state index contributed by atoms with van der Waals surface area (Å²) in [4.78, 5) is 2.16. The Kier molecular flexibility index (Phi) is 5.30. The van der Waals surface area contributed by atoms with Gasteiger partial charge in [-0.2, -0.15) is 0 Å². The van der Waals surface area contributed by atoms with Crippen molar-refractivity contribution >= 4 is 28.9 Å². The molecule has 0 fully saturated rings. The van der Waals surface area contributed by atoms with Crippen LogP contribution >= 0.6 is 23.2 Å². The summed E-state index contributed by atoms with van der Waals surface area (Å²) in [7, 11) is 3.97. The van der Waals surface area contributed by atoms with Crippen LogP contribution in [-0.4, -0.2) is 14.1 Å². The molecule has 0 aliphatic heterocycles. The van der Waals surface area contributed by atoms with Gasteiger partial charge in [-0.1, -0.05) is 41.4 Å². The molecule has 0 aliphatic carbocycles. The number of hydrogen-bond acceptors (Lipinski definition) is 2. The summed E-state index contributed by atoms with van der Waals surface area (Å²) >= 11 is 12.2. The van der Waals surface area contributed by atoms with Crippen molar-refractivity contribution in [1.29, 1.82) is 0 Å². The van der Waals surface area contributed by atoms with Crippen LogP contribution in [0.2, 0.25) is 10.0 Å². The lowest BCUT2D eigenvalue weighted by Crippen LogP contribution is -2.16. The first kappa shape index (κ1) is 15.2. The molecule has 0 radical (unpaired) electrons. The molecule has 106 valence electrons. The first-order valence-corrected chi connectivity index (χ1v) is 7.24. The fourth-order valence-electron chi connectivity index (χ4n) is 2.06. The summed E-state index contributed by atoms with van der Waals surface area (Å²) in [5.74, 6) is 0. The number of benzene rings is 2. The number of rotatable bonds is 5. The maximum absolute atomic E-state index is 6.29. The Bertz CT molecular complexity index is 567. The van der Waals surface area contributed by atoms with Crippen molar-refractivity contribution in [1.82, 2.24) is 5.32 Å². The van der Waals surface area contributed by atoms with Gasteiger partial charge in [-0.3, -0.25) is 0 Å². The van der Waals surface area contributed by atoms with E-state index in [0.717, 1.165) is 34.4 Å². The molecule has 0 saturated heterocycles. The number of nitrogens with zero attached hydrogens (tertiary/aromatic N) is 1. The molecule has 2 nitrogen and oxygen atoms in total. The van der Waals surface area contributed by atoms with Crippen molar-refractivity contribution in [2.45, 2.75) is 13.1 Å². The van der Waals surface area contributed by atoms with Gasteiger partial charge in [0.05, 0.1) is 0 Å². The molecule has 0 atom stereocenters. The van der Waals surface area contributed by atoms with Gasteiger partial charge in [0.25, 0.3) is 0 Å². The number of hydrogen-bond donors (Lipinski definition) is 1. The maximum Gasteiger partial charge on any atom is 0.0471 e. The van der Waals surface area contributed by atoms with Crippen molar-refractivity contribution in [2.75, 3.05) is 19.0 Å². The van der Waals surface area contributed by atoms with Crippen LogP contribution in [-0.2, 0) is 13.1 Å². The highest BCUT2D eigenvalue weighted by Crippen LogP contribution is 2.24. The minimum Gasteiger partial charge on any atom is -0.370 e. The third-order valence-electron chi connectivity index (χ3n) is 3.18. The van der Waals surface area contributed by atoms with Gasteiger partial charge in [0.15, 0.2) is 0 Å². The van der Waals surface area contributed by atoms with E-state index in [1.54, 1.807) is 0 Å². The first-order valence-electron chi connectivity index (χ1n) is 6.49. The molecule has 0 heterocycles. The SMILES string of the molecule is CNCc1ccc(N(C)Cc2ccc(Cl)cc2)cc1Cl. The maximum atomic E-state index is 6.29. The third kappa shape index (κ3) is 3.89. The standard InChI is InChI=1S/C16H18Cl2N2/c1-19-10-13-5-8-15(9-16(13)18)20(2)11-12-3-6-14(17)7-4-12/h3-9,19H,10-11H2,1-2H3. The minimum atomic E-state index is 0.760. The molecule has 2 aromatic carbocycles. The Labute approximate surface area is 130 Å². The van der Waals surface area contributed by atoms with E-state index in [1.807, 2.05) is 37.4 Å². The van der Waals surface area contributed by atoms with Crippen molar-refractivity contribution in [3.05, 3.63) is 63.6 Å². The number of anilines is 1. The second kappa shape index (κ2) is 6.98. The van der Waals surface area contributed by atoms with Crippen molar-refractivity contribution < 1.29 is 0 Å². The van der Waals surface area contributed by atoms with Crippen LogP contribution in [0.3, 0.4) is 0 Å². The van der Waals surface area contributed by atoms with Crippen LogP contribution in [0.4, 0.5) is 5.69 Å². The van der Waals surface area contributed by atoms with Gasteiger partial charge in [0.1, 0.15) is 0 Å². The largest absolute Gasteiger partial charge is 0.370 e. The van der Waals surface area contributed by atoms with Gasteiger partial charge >= 0.3 is 0 Å². The zero-order chi connectivity index (χ0) is 14.5. The molecule has 0 bridgehead atoms. The lowest BCUT2D eigenvalue weighted by molar-refractivity contribution is 0.817. The monoisotopic (exact) mass is 308 g/mol. The highest BCUT2D eigenvalue weighted by atomic mass is 35.5. The van der Waals surface area contributed by atoms with Gasteiger partial charge in [0.2, 0.25) is 0 Å². The molecule has 0 spiro atoms. The first-order chi connectivity index (χ1) is 9.60. The molecule has 4 heteroatoms. The Morgan fingerprint density at radius 2 is 1.75 bits per heavy atom. The normalized spacial score (nSPS) is 10.6. The topological polar surface area (TPSA) is 15.3 Å². The van der Waals surface area contributed by atoms with Gasteiger partial charge in [-0.25, -0.2) is 0 Å². The Morgan fingerprint density at radius 3 is 2.35 bits per heavy atom. The van der Waals surface area contributed by atoms with E-state index >= 15 is 0 Å². The summed E-state index contributed by atoms with van der Waals surface area (Å²) in [5.41, 5.74) is 3.43. The van der Waals surface area contributed by atoms with Gasteiger partial charge < -0.3 is 10.2 Å². The summed E-state index contributed by atoms with van der Waals surface area (Å²) in [6.45, 7) is 1.60. The Balaban J connectivity index is 2.10. The zero-order valence-electron chi connectivity index (χ0n) is 11.7. The van der Waals surface area contributed by atoms with E-state index in [9.17, 15) is 0 Å². The van der Waals surface area contributed by atoms with Gasteiger partial charge in [0, 0.05) is 35.9 Å². The predicted octanol–water partition coefficient (Wildman–Crippen LogP) is 4.35. The van der Waals surface area contributed by atoms with Crippen LogP contribution in [0.5, 0.6) is 0 Å². The third-order valence-corrected chi connectivity index (χ3v) is 3.78. The summed E-state index contributed by atoms with van der Waals surface area (Å²) in [6, 6.07) is 14.1. The van der Waals surface area contributed by atoms with Crippen LogP contribution in [0.15, 0.2) is 42.5 Å². The molecule has 0 unspecified atom stereocenters. The second-order valence-electron chi connectivity index (χ2n) is 4.79.